The first-order chi connectivity index (χ1) is 8.22. The van der Waals surface area contributed by atoms with Crippen LogP contribution in [0.4, 0.5) is 11.6 Å². The van der Waals surface area contributed by atoms with E-state index < -0.39 is 0 Å². The molecule has 1 fully saturated rings. The number of nitrogens with zero attached hydrogens (tertiary/aromatic N) is 2. The summed E-state index contributed by atoms with van der Waals surface area (Å²) in [6.07, 6.45) is 4.68. The molecule has 94 valence electrons. The standard InChI is InChI=1S/C12H20N4S/c1-4-13-10-7-11(16-12(15-10)17-3)14-8(2)9-5-6-9/h7-9H,4-6H2,1-3H3,(H2,13,14,15,16). The highest BCUT2D eigenvalue weighted by molar-refractivity contribution is 7.98. The summed E-state index contributed by atoms with van der Waals surface area (Å²) in [5.74, 6) is 2.65. The van der Waals surface area contributed by atoms with E-state index in [1.807, 2.05) is 12.3 Å². The maximum atomic E-state index is 4.49. The largest absolute Gasteiger partial charge is 0.370 e. The van der Waals surface area contributed by atoms with Gasteiger partial charge in [0.05, 0.1) is 0 Å². The van der Waals surface area contributed by atoms with E-state index in [2.05, 4.69) is 34.4 Å². The molecule has 1 aliphatic rings. The van der Waals surface area contributed by atoms with Crippen molar-refractivity contribution in [2.75, 3.05) is 23.4 Å². The third-order valence-corrected chi connectivity index (χ3v) is 3.50. The number of thioether (sulfide) groups is 1. The van der Waals surface area contributed by atoms with Crippen molar-refractivity contribution in [2.45, 2.75) is 37.9 Å². The van der Waals surface area contributed by atoms with E-state index in [-0.39, 0.29) is 0 Å². The van der Waals surface area contributed by atoms with Crippen molar-refractivity contribution < 1.29 is 0 Å². The Morgan fingerprint density at radius 1 is 1.41 bits per heavy atom. The van der Waals surface area contributed by atoms with Gasteiger partial charge in [0, 0.05) is 18.7 Å². The monoisotopic (exact) mass is 252 g/mol. The van der Waals surface area contributed by atoms with Crippen LogP contribution in [0.3, 0.4) is 0 Å². The summed E-state index contributed by atoms with van der Waals surface area (Å²) in [5.41, 5.74) is 0. The number of nitrogens with one attached hydrogen (secondary N) is 2. The lowest BCUT2D eigenvalue weighted by atomic mass is 10.2. The molecule has 0 bridgehead atoms. The molecule has 0 radical (unpaired) electrons. The van der Waals surface area contributed by atoms with Gasteiger partial charge < -0.3 is 10.6 Å². The van der Waals surface area contributed by atoms with Crippen molar-refractivity contribution >= 4 is 23.4 Å². The molecule has 0 amide bonds. The molecule has 1 aromatic heterocycles. The average molecular weight is 252 g/mol. The van der Waals surface area contributed by atoms with Crippen LogP contribution < -0.4 is 10.6 Å². The predicted molar refractivity (Wildman–Crippen MR) is 73.8 cm³/mol. The van der Waals surface area contributed by atoms with Gasteiger partial charge in [0.15, 0.2) is 5.16 Å². The van der Waals surface area contributed by atoms with Crippen molar-refractivity contribution in [1.82, 2.24) is 9.97 Å². The predicted octanol–water partition coefficient (Wildman–Crippen LogP) is 2.84. The van der Waals surface area contributed by atoms with Gasteiger partial charge in [-0.15, -0.1) is 0 Å². The second-order valence-corrected chi connectivity index (χ2v) is 5.20. The Bertz CT molecular complexity index is 379. The van der Waals surface area contributed by atoms with Crippen LogP contribution in [-0.4, -0.2) is 28.8 Å². The van der Waals surface area contributed by atoms with Crippen LogP contribution in [0, 0.1) is 5.92 Å². The van der Waals surface area contributed by atoms with Crippen molar-refractivity contribution in [2.24, 2.45) is 5.92 Å². The topological polar surface area (TPSA) is 49.8 Å². The molecule has 0 saturated heterocycles. The van der Waals surface area contributed by atoms with Crippen LogP contribution in [0.1, 0.15) is 26.7 Å². The van der Waals surface area contributed by atoms with Gasteiger partial charge in [0.1, 0.15) is 11.6 Å². The SMILES string of the molecule is CCNc1cc(NC(C)C2CC2)nc(SC)n1. The molecule has 4 nitrogen and oxygen atoms in total. The molecule has 1 atom stereocenters. The number of hydrogen-bond donors (Lipinski definition) is 2. The normalized spacial score (nSPS) is 16.6. The first kappa shape index (κ1) is 12.5. The van der Waals surface area contributed by atoms with E-state index in [0.717, 1.165) is 29.3 Å². The lowest BCUT2D eigenvalue weighted by molar-refractivity contribution is 0.688. The molecule has 0 aliphatic heterocycles. The van der Waals surface area contributed by atoms with Crippen molar-refractivity contribution in [3.8, 4) is 0 Å². The number of aromatic nitrogens is 2. The molecule has 0 spiro atoms. The Morgan fingerprint density at radius 2 is 2.12 bits per heavy atom. The fourth-order valence-electron chi connectivity index (χ4n) is 1.81. The van der Waals surface area contributed by atoms with Gasteiger partial charge in [-0.3, -0.25) is 0 Å². The van der Waals surface area contributed by atoms with E-state index in [4.69, 9.17) is 0 Å². The van der Waals surface area contributed by atoms with Crippen molar-refractivity contribution in [1.29, 1.82) is 0 Å². The molecule has 1 unspecified atom stereocenters. The molecule has 2 N–H and O–H groups in total. The van der Waals surface area contributed by atoms with Crippen LogP contribution in [0.25, 0.3) is 0 Å². The van der Waals surface area contributed by atoms with E-state index in [1.54, 1.807) is 11.8 Å². The van der Waals surface area contributed by atoms with Crippen LogP contribution in [0.5, 0.6) is 0 Å². The Hall–Kier alpha value is -0.970. The third-order valence-electron chi connectivity index (χ3n) is 2.95. The molecule has 2 rings (SSSR count). The van der Waals surface area contributed by atoms with Crippen molar-refractivity contribution in [3.63, 3.8) is 0 Å². The summed E-state index contributed by atoms with van der Waals surface area (Å²) in [6.45, 7) is 5.18. The van der Waals surface area contributed by atoms with Crippen LogP contribution in [-0.2, 0) is 0 Å². The summed E-state index contributed by atoms with van der Waals surface area (Å²) in [6, 6.07) is 2.50. The molecular weight excluding hydrogens is 232 g/mol. The summed E-state index contributed by atoms with van der Waals surface area (Å²) in [4.78, 5) is 8.90. The van der Waals surface area contributed by atoms with Gasteiger partial charge in [-0.05, 0) is 38.9 Å². The maximum Gasteiger partial charge on any atom is 0.191 e. The van der Waals surface area contributed by atoms with E-state index in [9.17, 15) is 0 Å². The zero-order valence-corrected chi connectivity index (χ0v) is 11.5. The third kappa shape index (κ3) is 3.49. The van der Waals surface area contributed by atoms with Gasteiger partial charge in [-0.2, -0.15) is 0 Å². The van der Waals surface area contributed by atoms with Crippen LogP contribution >= 0.6 is 11.8 Å². The zero-order chi connectivity index (χ0) is 12.3. The van der Waals surface area contributed by atoms with Crippen LogP contribution in [0.15, 0.2) is 11.2 Å². The first-order valence-electron chi connectivity index (χ1n) is 6.16. The Balaban J connectivity index is 2.10. The second kappa shape index (κ2) is 5.58. The molecule has 17 heavy (non-hydrogen) atoms. The minimum atomic E-state index is 0.508. The quantitative estimate of drug-likeness (QED) is 0.602. The average Bonchev–Trinajstić information content (AvgIpc) is 3.12. The van der Waals surface area contributed by atoms with Gasteiger partial charge in [0.25, 0.3) is 0 Å². The van der Waals surface area contributed by atoms with Gasteiger partial charge in [-0.25, -0.2) is 9.97 Å². The molecule has 5 heteroatoms. The fraction of sp³-hybridized carbons (Fsp3) is 0.667. The first-order valence-corrected chi connectivity index (χ1v) is 7.39. The lowest BCUT2D eigenvalue weighted by Crippen LogP contribution is -2.18. The summed E-state index contributed by atoms with van der Waals surface area (Å²) >= 11 is 1.57. The van der Waals surface area contributed by atoms with Crippen molar-refractivity contribution in [3.05, 3.63) is 6.07 Å². The molecular formula is C12H20N4S. The summed E-state index contributed by atoms with van der Waals surface area (Å²) in [7, 11) is 0. The number of hydrogen-bond acceptors (Lipinski definition) is 5. The minimum Gasteiger partial charge on any atom is -0.370 e. The molecule has 1 heterocycles. The Morgan fingerprint density at radius 3 is 2.71 bits per heavy atom. The highest BCUT2D eigenvalue weighted by Gasteiger charge is 2.28. The Kier molecular flexibility index (Phi) is 4.10. The lowest BCUT2D eigenvalue weighted by Gasteiger charge is -2.15. The highest BCUT2D eigenvalue weighted by atomic mass is 32.2. The van der Waals surface area contributed by atoms with E-state index in [1.165, 1.54) is 12.8 Å². The highest BCUT2D eigenvalue weighted by Crippen LogP contribution is 2.34. The molecule has 0 aromatic carbocycles. The van der Waals surface area contributed by atoms with Gasteiger partial charge in [-0.1, -0.05) is 11.8 Å². The van der Waals surface area contributed by atoms with E-state index >= 15 is 0 Å². The summed E-state index contributed by atoms with van der Waals surface area (Å²) in [5, 5.41) is 7.52. The fourth-order valence-corrected chi connectivity index (χ4v) is 2.19. The summed E-state index contributed by atoms with van der Waals surface area (Å²) < 4.78 is 0. The maximum absolute atomic E-state index is 4.49. The van der Waals surface area contributed by atoms with E-state index in [0.29, 0.717) is 6.04 Å². The second-order valence-electron chi connectivity index (χ2n) is 4.43. The van der Waals surface area contributed by atoms with Gasteiger partial charge in [0.2, 0.25) is 0 Å². The Labute approximate surface area is 107 Å². The zero-order valence-electron chi connectivity index (χ0n) is 10.7. The molecule has 1 aromatic rings. The molecule has 1 saturated carbocycles. The van der Waals surface area contributed by atoms with Crippen LogP contribution in [0.2, 0.25) is 0 Å². The molecule has 1 aliphatic carbocycles. The minimum absolute atomic E-state index is 0.508. The van der Waals surface area contributed by atoms with Gasteiger partial charge >= 0.3 is 0 Å². The smallest absolute Gasteiger partial charge is 0.191 e. The number of rotatable bonds is 6. The number of anilines is 2.